The van der Waals surface area contributed by atoms with Gasteiger partial charge in [-0.05, 0) is 31.4 Å². The van der Waals surface area contributed by atoms with Crippen molar-refractivity contribution in [3.63, 3.8) is 0 Å². The predicted octanol–water partition coefficient (Wildman–Crippen LogP) is 4.33. The highest BCUT2D eigenvalue weighted by molar-refractivity contribution is 8.77. The Morgan fingerprint density at radius 2 is 1.86 bits per heavy atom. The summed E-state index contributed by atoms with van der Waals surface area (Å²) >= 11 is 0. The molecule has 156 valence electrons. The van der Waals surface area contributed by atoms with Crippen molar-refractivity contribution in [2.24, 2.45) is 0 Å². The number of benzene rings is 1. The molecule has 0 bridgehead atoms. The number of aromatic hydroxyl groups is 1. The van der Waals surface area contributed by atoms with Gasteiger partial charge in [-0.2, -0.15) is 0 Å². The molecule has 1 heterocycles. The molecule has 1 aliphatic rings. The highest BCUT2D eigenvalue weighted by Crippen LogP contribution is 2.39. The molecule has 1 fully saturated rings. The van der Waals surface area contributed by atoms with E-state index in [2.05, 4.69) is 10.6 Å². The lowest BCUT2D eigenvalue weighted by molar-refractivity contribution is -0.121. The fraction of sp³-hybridized carbons (Fsp3) is 0.579. The smallest absolute Gasteiger partial charge is 0.255 e. The third-order valence-electron chi connectivity index (χ3n) is 4.12. The van der Waals surface area contributed by atoms with Gasteiger partial charge in [-0.25, -0.2) is 0 Å². The van der Waals surface area contributed by atoms with E-state index < -0.39 is 0 Å². The quantitative estimate of drug-likeness (QED) is 0.299. The number of carbonyl (C=O) groups is 2. The predicted molar refractivity (Wildman–Crippen MR) is 125 cm³/mol. The van der Waals surface area contributed by atoms with Crippen molar-refractivity contribution in [2.45, 2.75) is 37.4 Å². The normalized spacial score (nSPS) is 16.1. The van der Waals surface area contributed by atoms with Crippen LogP contribution in [0.3, 0.4) is 0 Å². The number of phenolic OH excluding ortho intramolecular Hbond substituents is 1. The second-order valence-corrected chi connectivity index (χ2v) is 11.8. The van der Waals surface area contributed by atoms with Gasteiger partial charge in [-0.15, -0.1) is 0 Å². The van der Waals surface area contributed by atoms with Crippen LogP contribution in [0.5, 0.6) is 5.75 Å². The molecule has 0 radical (unpaired) electrons. The van der Waals surface area contributed by atoms with Gasteiger partial charge in [0.15, 0.2) is 0 Å². The summed E-state index contributed by atoms with van der Waals surface area (Å²) in [6, 6.07) is 6.51. The van der Waals surface area contributed by atoms with Crippen molar-refractivity contribution in [3.05, 3.63) is 29.8 Å². The van der Waals surface area contributed by atoms with Crippen LogP contribution < -0.4 is 10.6 Å². The van der Waals surface area contributed by atoms with E-state index in [1.165, 1.54) is 24.7 Å². The topological polar surface area (TPSA) is 78.4 Å². The van der Waals surface area contributed by atoms with Crippen LogP contribution >= 0.6 is 43.2 Å². The van der Waals surface area contributed by atoms with Crippen molar-refractivity contribution in [2.75, 3.05) is 30.3 Å². The minimum atomic E-state index is -0.263. The Bertz CT molecular complexity index is 613. The van der Waals surface area contributed by atoms with E-state index in [4.69, 9.17) is 0 Å². The number of amides is 2. The van der Waals surface area contributed by atoms with Crippen LogP contribution in [-0.2, 0) is 4.79 Å². The maximum atomic E-state index is 11.9. The Hall–Kier alpha value is -0.640. The van der Waals surface area contributed by atoms with Crippen LogP contribution in [0.1, 0.15) is 42.5 Å². The van der Waals surface area contributed by atoms with E-state index in [1.54, 1.807) is 39.8 Å². The second kappa shape index (κ2) is 14.4. The number of phenols is 1. The van der Waals surface area contributed by atoms with Crippen molar-refractivity contribution in [3.8, 4) is 5.75 Å². The lowest BCUT2D eigenvalue weighted by Crippen LogP contribution is -2.26. The van der Waals surface area contributed by atoms with Gasteiger partial charge < -0.3 is 15.7 Å². The summed E-state index contributed by atoms with van der Waals surface area (Å²) in [5.41, 5.74) is 0.295. The minimum absolute atomic E-state index is 0.00537. The first-order valence-electron chi connectivity index (χ1n) is 9.52. The zero-order valence-electron chi connectivity index (χ0n) is 15.9. The molecule has 0 spiro atoms. The first-order chi connectivity index (χ1) is 13.7. The van der Waals surface area contributed by atoms with Crippen molar-refractivity contribution >= 4 is 55.0 Å². The summed E-state index contributed by atoms with van der Waals surface area (Å²) in [7, 11) is 7.33. The van der Waals surface area contributed by atoms with E-state index >= 15 is 0 Å². The summed E-state index contributed by atoms with van der Waals surface area (Å²) in [5, 5.41) is 16.2. The Kier molecular flexibility index (Phi) is 12.1. The van der Waals surface area contributed by atoms with Gasteiger partial charge in [0.1, 0.15) is 5.75 Å². The zero-order valence-corrected chi connectivity index (χ0v) is 19.1. The Morgan fingerprint density at radius 3 is 2.57 bits per heavy atom. The number of para-hydroxylation sites is 1. The molecule has 1 saturated heterocycles. The molecule has 0 unspecified atom stereocenters. The fourth-order valence-electron chi connectivity index (χ4n) is 2.63. The molecule has 5 nitrogen and oxygen atoms in total. The molecule has 1 atom stereocenters. The lowest BCUT2D eigenvalue weighted by atomic mass is 10.1. The first-order valence-corrected chi connectivity index (χ1v) is 14.4. The molecule has 2 rings (SSSR count). The van der Waals surface area contributed by atoms with Gasteiger partial charge in [0.05, 0.1) is 5.56 Å². The number of unbranched alkanes of at least 4 members (excludes halogenated alkanes) is 1. The van der Waals surface area contributed by atoms with Crippen LogP contribution in [0.15, 0.2) is 24.3 Å². The van der Waals surface area contributed by atoms with E-state index in [1.807, 2.05) is 21.6 Å². The number of nitrogens with one attached hydrogen (secondary N) is 2. The zero-order chi connectivity index (χ0) is 20.0. The summed E-state index contributed by atoms with van der Waals surface area (Å²) < 4.78 is 0. The molecule has 0 aliphatic carbocycles. The Balaban J connectivity index is 1.38. The Labute approximate surface area is 183 Å². The lowest BCUT2D eigenvalue weighted by Gasteiger charge is -2.08. The molecule has 9 heteroatoms. The molecule has 0 aromatic heterocycles. The summed E-state index contributed by atoms with van der Waals surface area (Å²) in [4.78, 5) is 23.7. The summed E-state index contributed by atoms with van der Waals surface area (Å²) in [6.45, 7) is 1.21. The fourth-order valence-corrected chi connectivity index (χ4v) is 7.47. The highest BCUT2D eigenvalue weighted by Gasteiger charge is 2.15. The molecule has 0 saturated carbocycles. The largest absolute Gasteiger partial charge is 0.507 e. The van der Waals surface area contributed by atoms with Crippen LogP contribution in [0.25, 0.3) is 0 Å². The van der Waals surface area contributed by atoms with Crippen molar-refractivity contribution < 1.29 is 14.7 Å². The minimum Gasteiger partial charge on any atom is -0.507 e. The molecule has 2 amide bonds. The highest BCUT2D eigenvalue weighted by atomic mass is 33.1. The van der Waals surface area contributed by atoms with E-state index in [9.17, 15) is 14.7 Å². The van der Waals surface area contributed by atoms with Crippen molar-refractivity contribution in [1.82, 2.24) is 10.6 Å². The van der Waals surface area contributed by atoms with Gasteiger partial charge >= 0.3 is 0 Å². The van der Waals surface area contributed by atoms with E-state index in [0.717, 1.165) is 29.6 Å². The average molecular weight is 461 g/mol. The average Bonchev–Trinajstić information content (AvgIpc) is 3.21. The van der Waals surface area contributed by atoms with Gasteiger partial charge in [-0.3, -0.25) is 9.59 Å². The molecule has 28 heavy (non-hydrogen) atoms. The number of carbonyl (C=O) groups excluding carboxylic acids is 2. The van der Waals surface area contributed by atoms with Gasteiger partial charge in [0.25, 0.3) is 5.91 Å². The van der Waals surface area contributed by atoms with Gasteiger partial charge in [0.2, 0.25) is 5.91 Å². The molecule has 3 N–H and O–H groups in total. The molecular formula is C19H28N2O3S4. The number of hydrogen-bond donors (Lipinski definition) is 3. The summed E-state index contributed by atoms with van der Waals surface area (Å²) in [5.74, 6) is 2.77. The third-order valence-corrected chi connectivity index (χ3v) is 9.53. The maximum Gasteiger partial charge on any atom is 0.255 e. The first kappa shape index (κ1) is 23.6. The Morgan fingerprint density at radius 1 is 1.11 bits per heavy atom. The van der Waals surface area contributed by atoms with Crippen LogP contribution in [0, 0.1) is 0 Å². The SMILES string of the molecule is O=C(CCCC[C@H]1CCSS1)NCCSSCCNC(=O)c1ccccc1O. The standard InChI is InChI=1S/C19H28N2O3S4/c22-17-7-3-2-6-16(17)19(24)21-11-14-26-25-13-10-20-18(23)8-4-1-5-15-9-12-27-28-15/h2-3,6-7,15,22H,1,4-5,8-14H2,(H,20,23)(H,21,24)/t15-/m0/s1. The summed E-state index contributed by atoms with van der Waals surface area (Å²) in [6.07, 6.45) is 5.29. The van der Waals surface area contributed by atoms with Gasteiger partial charge in [-0.1, -0.05) is 61.7 Å². The van der Waals surface area contributed by atoms with Gasteiger partial charge in [0, 0.05) is 42.0 Å². The van der Waals surface area contributed by atoms with Crippen LogP contribution in [0.2, 0.25) is 0 Å². The van der Waals surface area contributed by atoms with Crippen LogP contribution in [-0.4, -0.2) is 52.5 Å². The monoisotopic (exact) mass is 460 g/mol. The molecule has 1 aliphatic heterocycles. The maximum absolute atomic E-state index is 11.9. The third kappa shape index (κ3) is 9.71. The number of hydrogen-bond acceptors (Lipinski definition) is 7. The molecule has 1 aromatic rings. The second-order valence-electron chi connectivity index (χ2n) is 6.34. The molecular weight excluding hydrogens is 432 g/mol. The number of rotatable bonds is 13. The molecule has 1 aromatic carbocycles. The van der Waals surface area contributed by atoms with E-state index in [-0.39, 0.29) is 17.6 Å². The van der Waals surface area contributed by atoms with E-state index in [0.29, 0.717) is 25.1 Å². The van der Waals surface area contributed by atoms with Crippen LogP contribution in [0.4, 0.5) is 0 Å². The van der Waals surface area contributed by atoms with Crippen molar-refractivity contribution in [1.29, 1.82) is 0 Å².